The van der Waals surface area contributed by atoms with Crippen molar-refractivity contribution in [2.75, 3.05) is 13.7 Å². The topological polar surface area (TPSA) is 76.8 Å². The second kappa shape index (κ2) is 10.1. The lowest BCUT2D eigenvalue weighted by Crippen LogP contribution is -2.48. The van der Waals surface area contributed by atoms with Crippen LogP contribution in [-0.2, 0) is 9.53 Å². The molecule has 7 nitrogen and oxygen atoms in total. The van der Waals surface area contributed by atoms with E-state index in [1.165, 1.54) is 25.0 Å². The molecule has 10 heteroatoms. The van der Waals surface area contributed by atoms with E-state index in [9.17, 15) is 23.1 Å². The van der Waals surface area contributed by atoms with E-state index < -0.39 is 41.6 Å². The number of methoxy groups -OCH3 is 1. The van der Waals surface area contributed by atoms with Gasteiger partial charge in [-0.2, -0.15) is 0 Å². The average Bonchev–Trinajstić information content (AvgIpc) is 3.26. The number of hydrogen-bond acceptors (Lipinski definition) is 5. The third-order valence-corrected chi connectivity index (χ3v) is 5.89. The number of amides is 1. The number of ether oxygens (including phenoxy) is 2. The fourth-order valence-electron chi connectivity index (χ4n) is 4.31. The van der Waals surface area contributed by atoms with E-state index in [1.807, 2.05) is 23.8 Å². The normalized spacial score (nSPS) is 18.8. The molecular formula is C26H26F3N3O4. The highest BCUT2D eigenvalue weighted by Crippen LogP contribution is 2.33. The van der Waals surface area contributed by atoms with Gasteiger partial charge in [0.15, 0.2) is 23.2 Å². The fourth-order valence-corrected chi connectivity index (χ4v) is 4.31. The molecule has 4 rings (SSSR count). The monoisotopic (exact) mass is 501 g/mol. The maximum absolute atomic E-state index is 13.9. The second-order valence-corrected chi connectivity index (χ2v) is 8.73. The van der Waals surface area contributed by atoms with Crippen molar-refractivity contribution in [1.29, 1.82) is 0 Å². The van der Waals surface area contributed by atoms with Gasteiger partial charge in [-0.3, -0.25) is 4.79 Å². The summed E-state index contributed by atoms with van der Waals surface area (Å²) in [6.45, 7) is 5.04. The van der Waals surface area contributed by atoms with Crippen molar-refractivity contribution in [3.63, 3.8) is 0 Å². The molecule has 1 saturated heterocycles. The fraction of sp³-hybridized carbons (Fsp3) is 0.308. The van der Waals surface area contributed by atoms with Crippen LogP contribution in [0.3, 0.4) is 0 Å². The Morgan fingerprint density at radius 3 is 2.50 bits per heavy atom. The van der Waals surface area contributed by atoms with Gasteiger partial charge in [-0.25, -0.2) is 18.2 Å². The SMILES string of the molecule is COc1cc(/C=C2\O[C@@H](C)CN([C@H](c3cc(F)c(F)c(F)c3)[C@@H](C)O)C2=O)ccc1-n1cnc(C)c1. The van der Waals surface area contributed by atoms with Gasteiger partial charge in [0, 0.05) is 6.20 Å². The van der Waals surface area contributed by atoms with Crippen LogP contribution in [0.1, 0.15) is 36.7 Å². The van der Waals surface area contributed by atoms with Gasteiger partial charge in [-0.15, -0.1) is 0 Å². The zero-order chi connectivity index (χ0) is 26.1. The van der Waals surface area contributed by atoms with E-state index in [0.29, 0.717) is 11.3 Å². The Kier molecular flexibility index (Phi) is 7.07. The molecule has 0 aliphatic carbocycles. The minimum Gasteiger partial charge on any atom is -0.495 e. The van der Waals surface area contributed by atoms with Gasteiger partial charge in [0.25, 0.3) is 5.91 Å². The largest absolute Gasteiger partial charge is 0.495 e. The summed E-state index contributed by atoms with van der Waals surface area (Å²) < 4.78 is 54.5. The molecule has 0 saturated carbocycles. The van der Waals surface area contributed by atoms with Gasteiger partial charge < -0.3 is 24.0 Å². The molecule has 1 fully saturated rings. The zero-order valence-corrected chi connectivity index (χ0v) is 20.2. The maximum atomic E-state index is 13.9. The van der Waals surface area contributed by atoms with Crippen molar-refractivity contribution in [1.82, 2.24) is 14.5 Å². The number of carbonyl (C=O) groups excluding carboxylic acids is 1. The Labute approximate surface area is 206 Å². The van der Waals surface area contributed by atoms with Gasteiger partial charge in [0.1, 0.15) is 11.9 Å². The van der Waals surface area contributed by atoms with Gasteiger partial charge in [-0.05, 0) is 62.2 Å². The number of imidazole rings is 1. The van der Waals surface area contributed by atoms with Gasteiger partial charge in [0.2, 0.25) is 0 Å². The van der Waals surface area contributed by atoms with Gasteiger partial charge in [0.05, 0.1) is 43.5 Å². The molecular weight excluding hydrogens is 475 g/mol. The lowest BCUT2D eigenvalue weighted by atomic mass is 9.98. The highest BCUT2D eigenvalue weighted by atomic mass is 19.2. The number of aliphatic hydroxyl groups excluding tert-OH is 1. The number of aryl methyl sites for hydroxylation is 1. The first-order chi connectivity index (χ1) is 17.1. The predicted octanol–water partition coefficient (Wildman–Crippen LogP) is 4.32. The molecule has 1 amide bonds. The quantitative estimate of drug-likeness (QED) is 0.402. The van der Waals surface area contributed by atoms with Crippen LogP contribution in [0.5, 0.6) is 5.75 Å². The van der Waals surface area contributed by atoms with Crippen LogP contribution in [0.15, 0.2) is 48.6 Å². The summed E-state index contributed by atoms with van der Waals surface area (Å²) in [6, 6.07) is 5.76. The highest BCUT2D eigenvalue weighted by Gasteiger charge is 2.37. The molecule has 36 heavy (non-hydrogen) atoms. The molecule has 1 N–H and O–H groups in total. The Morgan fingerprint density at radius 1 is 1.22 bits per heavy atom. The number of rotatable bonds is 6. The van der Waals surface area contributed by atoms with Crippen LogP contribution in [-0.4, -0.2) is 51.3 Å². The van der Waals surface area contributed by atoms with Crippen molar-refractivity contribution in [2.45, 2.75) is 39.0 Å². The molecule has 2 aromatic carbocycles. The Morgan fingerprint density at radius 2 is 1.92 bits per heavy atom. The van der Waals surface area contributed by atoms with Crippen molar-refractivity contribution < 1.29 is 32.5 Å². The number of morpholine rings is 1. The molecule has 190 valence electrons. The lowest BCUT2D eigenvalue weighted by Gasteiger charge is -2.39. The number of hydrogen-bond donors (Lipinski definition) is 1. The van der Waals surface area contributed by atoms with Crippen molar-refractivity contribution >= 4 is 12.0 Å². The van der Waals surface area contributed by atoms with E-state index in [0.717, 1.165) is 23.5 Å². The smallest absolute Gasteiger partial charge is 0.289 e. The van der Waals surface area contributed by atoms with E-state index >= 15 is 0 Å². The third-order valence-electron chi connectivity index (χ3n) is 5.89. The highest BCUT2D eigenvalue weighted by molar-refractivity contribution is 5.97. The summed E-state index contributed by atoms with van der Waals surface area (Å²) >= 11 is 0. The standard InChI is InChI=1S/C26H26F3N3O4/c1-14-11-31(13-30-14)21-6-5-17(7-22(21)35-4)8-23-26(34)32(12-15(2)36-23)25(16(3)33)18-9-19(27)24(29)20(28)10-18/h5-11,13,15-16,25,33H,12H2,1-4H3/b23-8-/t15-,16+,25-/m0/s1. The summed E-state index contributed by atoms with van der Waals surface area (Å²) in [5.41, 5.74) is 2.13. The molecule has 0 radical (unpaired) electrons. The first kappa shape index (κ1) is 25.3. The van der Waals surface area contributed by atoms with Crippen molar-refractivity contribution in [3.8, 4) is 11.4 Å². The number of halogens is 3. The Bertz CT molecular complexity index is 1300. The summed E-state index contributed by atoms with van der Waals surface area (Å²) in [7, 11) is 1.53. The van der Waals surface area contributed by atoms with Crippen LogP contribution in [0.4, 0.5) is 13.2 Å². The molecule has 1 aromatic heterocycles. The van der Waals surface area contributed by atoms with E-state index in [2.05, 4.69) is 4.98 Å². The molecule has 0 bridgehead atoms. The van der Waals surface area contributed by atoms with Crippen LogP contribution in [0, 0.1) is 24.4 Å². The average molecular weight is 502 g/mol. The lowest BCUT2D eigenvalue weighted by molar-refractivity contribution is -0.145. The number of benzene rings is 2. The van der Waals surface area contributed by atoms with E-state index in [-0.39, 0.29) is 17.9 Å². The van der Waals surface area contributed by atoms with E-state index in [1.54, 1.807) is 25.4 Å². The molecule has 3 aromatic rings. The number of carbonyl (C=O) groups is 1. The van der Waals surface area contributed by atoms with Crippen LogP contribution in [0.25, 0.3) is 11.8 Å². The van der Waals surface area contributed by atoms with Crippen molar-refractivity contribution in [3.05, 3.63) is 82.9 Å². The van der Waals surface area contributed by atoms with Crippen LogP contribution >= 0.6 is 0 Å². The number of aromatic nitrogens is 2. The van der Waals surface area contributed by atoms with Gasteiger partial charge in [-0.1, -0.05) is 6.07 Å². The molecule has 2 heterocycles. The molecule has 3 atom stereocenters. The van der Waals surface area contributed by atoms with Crippen molar-refractivity contribution in [2.24, 2.45) is 0 Å². The maximum Gasteiger partial charge on any atom is 0.289 e. The first-order valence-electron chi connectivity index (χ1n) is 11.3. The third kappa shape index (κ3) is 4.94. The Hall–Kier alpha value is -3.79. The van der Waals surface area contributed by atoms with Crippen LogP contribution < -0.4 is 4.74 Å². The molecule has 1 aliphatic rings. The second-order valence-electron chi connectivity index (χ2n) is 8.73. The van der Waals surface area contributed by atoms with Gasteiger partial charge >= 0.3 is 0 Å². The summed E-state index contributed by atoms with van der Waals surface area (Å²) in [5, 5.41) is 10.4. The Balaban J connectivity index is 1.69. The number of aliphatic hydroxyl groups is 1. The zero-order valence-electron chi connectivity index (χ0n) is 20.2. The summed E-state index contributed by atoms with van der Waals surface area (Å²) in [5.74, 6) is -4.49. The summed E-state index contributed by atoms with van der Waals surface area (Å²) in [4.78, 5) is 18.9. The predicted molar refractivity (Wildman–Crippen MR) is 126 cm³/mol. The minimum absolute atomic E-state index is 0.0178. The number of nitrogens with zero attached hydrogens (tertiary/aromatic N) is 3. The van der Waals surface area contributed by atoms with E-state index in [4.69, 9.17) is 9.47 Å². The molecule has 0 unspecified atom stereocenters. The summed E-state index contributed by atoms with van der Waals surface area (Å²) in [6.07, 6.45) is 3.35. The molecule has 1 aliphatic heterocycles. The minimum atomic E-state index is -1.62. The molecule has 0 spiro atoms. The van der Waals surface area contributed by atoms with Crippen LogP contribution in [0.2, 0.25) is 0 Å². The first-order valence-corrected chi connectivity index (χ1v) is 11.3.